The van der Waals surface area contributed by atoms with Crippen LogP contribution in [0.25, 0.3) is 0 Å². The molecule has 1 unspecified atom stereocenters. The highest BCUT2D eigenvalue weighted by Crippen LogP contribution is 2.11. The summed E-state index contributed by atoms with van der Waals surface area (Å²) in [6.07, 6.45) is 10.8. The summed E-state index contributed by atoms with van der Waals surface area (Å²) >= 11 is 0. The first-order valence-electron chi connectivity index (χ1n) is 7.31. The van der Waals surface area contributed by atoms with Crippen LogP contribution in [0.3, 0.4) is 0 Å². The molecule has 1 aromatic heterocycles. The lowest BCUT2D eigenvalue weighted by atomic mass is 10.0. The fourth-order valence-corrected chi connectivity index (χ4v) is 2.13. The fraction of sp³-hybridized carbons (Fsp3) is 0.800. The molecule has 104 valence electrons. The second kappa shape index (κ2) is 8.30. The van der Waals surface area contributed by atoms with Crippen molar-refractivity contribution in [2.75, 3.05) is 6.54 Å². The lowest BCUT2D eigenvalue weighted by Crippen LogP contribution is -2.19. The van der Waals surface area contributed by atoms with E-state index in [0.29, 0.717) is 6.04 Å². The van der Waals surface area contributed by atoms with Crippen LogP contribution in [-0.4, -0.2) is 16.3 Å². The van der Waals surface area contributed by atoms with Crippen molar-refractivity contribution in [3.63, 3.8) is 0 Å². The van der Waals surface area contributed by atoms with Crippen LogP contribution in [0.15, 0.2) is 12.4 Å². The number of nitrogens with one attached hydrogen (secondary N) is 1. The summed E-state index contributed by atoms with van der Waals surface area (Å²) in [7, 11) is 1.96. The van der Waals surface area contributed by atoms with Crippen LogP contribution in [0.4, 0.5) is 0 Å². The number of hydrogen-bond acceptors (Lipinski definition) is 2. The summed E-state index contributed by atoms with van der Waals surface area (Å²) in [5.41, 5.74) is 1.28. The molecule has 1 heterocycles. The molecule has 1 N–H and O–H groups in total. The van der Waals surface area contributed by atoms with Gasteiger partial charge in [0.1, 0.15) is 0 Å². The predicted octanol–water partition coefficient (Wildman–Crippen LogP) is 3.68. The maximum Gasteiger partial charge on any atom is 0.0537 e. The van der Waals surface area contributed by atoms with E-state index >= 15 is 0 Å². The van der Waals surface area contributed by atoms with Gasteiger partial charge in [0.15, 0.2) is 0 Å². The molecule has 0 fully saturated rings. The normalized spacial score (nSPS) is 13.2. The van der Waals surface area contributed by atoms with Gasteiger partial charge < -0.3 is 5.32 Å². The first kappa shape index (κ1) is 15.2. The standard InChI is InChI=1S/C15H29N3/c1-13(2)9-7-5-6-8-10-16-14(3)15-11-17-18(4)12-15/h11-14,16H,5-10H2,1-4H3. The number of unbranched alkanes of at least 4 members (excludes halogenated alkanes) is 3. The molecule has 3 heteroatoms. The molecule has 0 radical (unpaired) electrons. The molecule has 0 spiro atoms. The number of rotatable bonds is 9. The molecular formula is C15H29N3. The maximum atomic E-state index is 4.20. The second-order valence-electron chi connectivity index (χ2n) is 5.72. The van der Waals surface area contributed by atoms with Crippen LogP contribution in [0.1, 0.15) is 64.5 Å². The van der Waals surface area contributed by atoms with Gasteiger partial charge in [0.05, 0.1) is 6.20 Å². The topological polar surface area (TPSA) is 29.9 Å². The third-order valence-electron chi connectivity index (χ3n) is 3.38. The summed E-state index contributed by atoms with van der Waals surface area (Å²) in [6, 6.07) is 0.411. The number of aryl methyl sites for hydroxylation is 1. The van der Waals surface area contributed by atoms with Crippen molar-refractivity contribution in [1.29, 1.82) is 0 Å². The molecule has 0 amide bonds. The van der Waals surface area contributed by atoms with E-state index in [1.165, 1.54) is 37.7 Å². The van der Waals surface area contributed by atoms with Gasteiger partial charge in [0.25, 0.3) is 0 Å². The molecule has 1 aromatic rings. The van der Waals surface area contributed by atoms with Gasteiger partial charge in [-0.1, -0.05) is 39.5 Å². The minimum atomic E-state index is 0.411. The highest BCUT2D eigenvalue weighted by atomic mass is 15.2. The Kier molecular flexibility index (Phi) is 7.02. The van der Waals surface area contributed by atoms with Crippen molar-refractivity contribution in [3.05, 3.63) is 18.0 Å². The Morgan fingerprint density at radius 2 is 1.89 bits per heavy atom. The van der Waals surface area contributed by atoms with Crippen molar-refractivity contribution in [2.45, 2.75) is 58.9 Å². The van der Waals surface area contributed by atoms with E-state index in [2.05, 4.69) is 37.4 Å². The molecule has 3 nitrogen and oxygen atoms in total. The first-order valence-corrected chi connectivity index (χ1v) is 7.31. The number of hydrogen-bond donors (Lipinski definition) is 1. The lowest BCUT2D eigenvalue weighted by molar-refractivity contribution is 0.498. The molecule has 0 saturated carbocycles. The van der Waals surface area contributed by atoms with Crippen molar-refractivity contribution in [3.8, 4) is 0 Å². The highest BCUT2D eigenvalue weighted by molar-refractivity contribution is 5.08. The Morgan fingerprint density at radius 3 is 2.50 bits per heavy atom. The zero-order valence-electron chi connectivity index (χ0n) is 12.4. The van der Waals surface area contributed by atoms with E-state index in [1.54, 1.807) is 0 Å². The van der Waals surface area contributed by atoms with E-state index in [0.717, 1.165) is 12.5 Å². The molecular weight excluding hydrogens is 222 g/mol. The van der Waals surface area contributed by atoms with Crippen LogP contribution in [0, 0.1) is 5.92 Å². The van der Waals surface area contributed by atoms with E-state index in [9.17, 15) is 0 Å². The molecule has 18 heavy (non-hydrogen) atoms. The van der Waals surface area contributed by atoms with Gasteiger partial charge in [-0.3, -0.25) is 4.68 Å². The Bertz CT molecular complexity index is 317. The smallest absolute Gasteiger partial charge is 0.0537 e. The predicted molar refractivity (Wildman–Crippen MR) is 77.5 cm³/mol. The number of aromatic nitrogens is 2. The van der Waals surface area contributed by atoms with E-state index in [4.69, 9.17) is 0 Å². The quantitative estimate of drug-likeness (QED) is 0.679. The van der Waals surface area contributed by atoms with Gasteiger partial charge in [-0.15, -0.1) is 0 Å². The third-order valence-corrected chi connectivity index (χ3v) is 3.38. The SMILES string of the molecule is CC(C)CCCCCCNC(C)c1cnn(C)c1. The first-order chi connectivity index (χ1) is 8.59. The van der Waals surface area contributed by atoms with Crippen LogP contribution < -0.4 is 5.32 Å². The Labute approximate surface area is 112 Å². The van der Waals surface area contributed by atoms with Crippen molar-refractivity contribution >= 4 is 0 Å². The van der Waals surface area contributed by atoms with Gasteiger partial charge in [-0.25, -0.2) is 0 Å². The minimum absolute atomic E-state index is 0.411. The zero-order valence-corrected chi connectivity index (χ0v) is 12.4. The Hall–Kier alpha value is -0.830. The van der Waals surface area contributed by atoms with Gasteiger partial charge in [0.2, 0.25) is 0 Å². The van der Waals surface area contributed by atoms with Gasteiger partial charge >= 0.3 is 0 Å². The summed E-state index contributed by atoms with van der Waals surface area (Å²) in [4.78, 5) is 0. The van der Waals surface area contributed by atoms with Crippen LogP contribution >= 0.6 is 0 Å². The van der Waals surface area contributed by atoms with Crippen LogP contribution in [0.5, 0.6) is 0 Å². The van der Waals surface area contributed by atoms with Gasteiger partial charge in [-0.05, 0) is 25.8 Å². The van der Waals surface area contributed by atoms with Crippen LogP contribution in [-0.2, 0) is 7.05 Å². The van der Waals surface area contributed by atoms with Crippen LogP contribution in [0.2, 0.25) is 0 Å². The lowest BCUT2D eigenvalue weighted by Gasteiger charge is -2.11. The van der Waals surface area contributed by atoms with Crippen molar-refractivity contribution in [1.82, 2.24) is 15.1 Å². The molecule has 0 aliphatic heterocycles. The fourth-order valence-electron chi connectivity index (χ4n) is 2.13. The molecule has 0 saturated heterocycles. The third kappa shape index (κ3) is 6.20. The highest BCUT2D eigenvalue weighted by Gasteiger charge is 2.05. The summed E-state index contributed by atoms with van der Waals surface area (Å²) in [6.45, 7) is 7.92. The second-order valence-corrected chi connectivity index (χ2v) is 5.72. The average molecular weight is 251 g/mol. The molecule has 0 aliphatic rings. The summed E-state index contributed by atoms with van der Waals surface area (Å²) in [5, 5.41) is 7.76. The molecule has 1 atom stereocenters. The molecule has 1 rings (SSSR count). The maximum absolute atomic E-state index is 4.20. The van der Waals surface area contributed by atoms with E-state index < -0.39 is 0 Å². The van der Waals surface area contributed by atoms with E-state index in [1.807, 2.05) is 17.9 Å². The van der Waals surface area contributed by atoms with Crippen molar-refractivity contribution in [2.24, 2.45) is 13.0 Å². The largest absolute Gasteiger partial charge is 0.310 e. The average Bonchev–Trinajstić information content (AvgIpc) is 2.74. The molecule has 0 aliphatic carbocycles. The molecule has 0 aromatic carbocycles. The number of nitrogens with zero attached hydrogens (tertiary/aromatic N) is 2. The Morgan fingerprint density at radius 1 is 1.17 bits per heavy atom. The van der Waals surface area contributed by atoms with E-state index in [-0.39, 0.29) is 0 Å². The zero-order chi connectivity index (χ0) is 13.4. The Balaban J connectivity index is 2.01. The van der Waals surface area contributed by atoms with Crippen molar-refractivity contribution < 1.29 is 0 Å². The van der Waals surface area contributed by atoms with Gasteiger partial charge in [-0.2, -0.15) is 5.10 Å². The summed E-state index contributed by atoms with van der Waals surface area (Å²) < 4.78 is 1.86. The minimum Gasteiger partial charge on any atom is -0.310 e. The monoisotopic (exact) mass is 251 g/mol. The summed E-state index contributed by atoms with van der Waals surface area (Å²) in [5.74, 6) is 0.855. The molecule has 0 bridgehead atoms. The van der Waals surface area contributed by atoms with Gasteiger partial charge in [0, 0.05) is 24.8 Å².